The molecule has 28 heavy (non-hydrogen) atoms. The third kappa shape index (κ3) is 5.31. The summed E-state index contributed by atoms with van der Waals surface area (Å²) in [6, 6.07) is 28.2. The van der Waals surface area contributed by atoms with Crippen LogP contribution in [-0.4, -0.2) is 12.9 Å². The SMILES string of the molecule is c1ccc(Cc2cccc(Cc3ccccc3COC3CCCCO3)c2)cc1. The molecule has 0 spiro atoms. The molecule has 0 amide bonds. The first kappa shape index (κ1) is 18.9. The molecule has 1 aliphatic heterocycles. The second kappa shape index (κ2) is 9.68. The van der Waals surface area contributed by atoms with Crippen molar-refractivity contribution in [1.29, 1.82) is 0 Å². The highest BCUT2D eigenvalue weighted by Gasteiger charge is 2.15. The predicted octanol–water partition coefficient (Wildman–Crippen LogP) is 5.91. The van der Waals surface area contributed by atoms with E-state index in [-0.39, 0.29) is 6.29 Å². The molecular weight excluding hydrogens is 344 g/mol. The molecule has 1 unspecified atom stereocenters. The van der Waals surface area contributed by atoms with Gasteiger partial charge >= 0.3 is 0 Å². The van der Waals surface area contributed by atoms with Crippen LogP contribution in [0.5, 0.6) is 0 Å². The van der Waals surface area contributed by atoms with E-state index in [0.29, 0.717) is 6.61 Å². The summed E-state index contributed by atoms with van der Waals surface area (Å²) in [6.45, 7) is 1.44. The first-order chi connectivity index (χ1) is 13.9. The minimum atomic E-state index is -0.0454. The minimum Gasteiger partial charge on any atom is -0.353 e. The topological polar surface area (TPSA) is 18.5 Å². The van der Waals surface area contributed by atoms with Gasteiger partial charge in [-0.2, -0.15) is 0 Å². The van der Waals surface area contributed by atoms with Crippen molar-refractivity contribution in [1.82, 2.24) is 0 Å². The van der Waals surface area contributed by atoms with Crippen LogP contribution in [0.1, 0.15) is 47.1 Å². The molecule has 2 nitrogen and oxygen atoms in total. The number of rotatable bonds is 7. The monoisotopic (exact) mass is 372 g/mol. The Morgan fingerprint density at radius 3 is 2.21 bits per heavy atom. The van der Waals surface area contributed by atoms with Gasteiger partial charge in [0.2, 0.25) is 0 Å². The van der Waals surface area contributed by atoms with Gasteiger partial charge in [0.25, 0.3) is 0 Å². The third-order valence-electron chi connectivity index (χ3n) is 5.32. The lowest BCUT2D eigenvalue weighted by Gasteiger charge is -2.23. The molecule has 0 radical (unpaired) electrons. The van der Waals surface area contributed by atoms with Gasteiger partial charge in [0, 0.05) is 6.61 Å². The van der Waals surface area contributed by atoms with E-state index in [2.05, 4.69) is 78.9 Å². The molecule has 1 fully saturated rings. The molecular formula is C26H28O2. The van der Waals surface area contributed by atoms with Gasteiger partial charge in [-0.1, -0.05) is 78.9 Å². The second-order valence-electron chi connectivity index (χ2n) is 7.53. The maximum atomic E-state index is 6.03. The van der Waals surface area contributed by atoms with Crippen LogP contribution in [0, 0.1) is 0 Å². The Morgan fingerprint density at radius 1 is 0.714 bits per heavy atom. The van der Waals surface area contributed by atoms with E-state index in [4.69, 9.17) is 9.47 Å². The summed E-state index contributed by atoms with van der Waals surface area (Å²) in [5.74, 6) is 0. The summed E-state index contributed by atoms with van der Waals surface area (Å²) in [5, 5.41) is 0. The van der Waals surface area contributed by atoms with Crippen LogP contribution in [0.2, 0.25) is 0 Å². The summed E-state index contributed by atoms with van der Waals surface area (Å²) < 4.78 is 11.7. The zero-order chi connectivity index (χ0) is 19.0. The van der Waals surface area contributed by atoms with Crippen LogP contribution in [-0.2, 0) is 28.9 Å². The summed E-state index contributed by atoms with van der Waals surface area (Å²) in [5.41, 5.74) is 6.63. The third-order valence-corrected chi connectivity index (χ3v) is 5.32. The van der Waals surface area contributed by atoms with Gasteiger partial charge in [0.05, 0.1) is 6.61 Å². The van der Waals surface area contributed by atoms with Gasteiger partial charge in [-0.05, 0) is 59.9 Å². The zero-order valence-corrected chi connectivity index (χ0v) is 16.3. The van der Waals surface area contributed by atoms with Crippen LogP contribution in [0.15, 0.2) is 78.9 Å². The Morgan fingerprint density at radius 2 is 1.43 bits per heavy atom. The van der Waals surface area contributed by atoms with Crippen molar-refractivity contribution in [3.05, 3.63) is 107 Å². The molecule has 3 aromatic carbocycles. The number of hydrogen-bond donors (Lipinski definition) is 0. The van der Waals surface area contributed by atoms with Crippen LogP contribution in [0.4, 0.5) is 0 Å². The fourth-order valence-corrected chi connectivity index (χ4v) is 3.80. The lowest BCUT2D eigenvalue weighted by Crippen LogP contribution is -2.22. The van der Waals surface area contributed by atoms with Crippen molar-refractivity contribution in [2.75, 3.05) is 6.61 Å². The molecule has 1 aliphatic rings. The molecule has 0 bridgehead atoms. The van der Waals surface area contributed by atoms with E-state index >= 15 is 0 Å². The number of ether oxygens (including phenoxy) is 2. The van der Waals surface area contributed by atoms with E-state index in [1.165, 1.54) is 34.2 Å². The van der Waals surface area contributed by atoms with Crippen molar-refractivity contribution in [3.8, 4) is 0 Å². The van der Waals surface area contributed by atoms with E-state index < -0.39 is 0 Å². The standard InChI is InChI=1S/C26H28O2/c1-2-9-21(10-3-1)17-22-11-8-12-23(18-22)19-24-13-4-5-14-25(24)20-28-26-15-6-7-16-27-26/h1-5,8-14,18,26H,6-7,15-17,19-20H2. The van der Waals surface area contributed by atoms with Crippen LogP contribution < -0.4 is 0 Å². The normalized spacial score (nSPS) is 16.8. The largest absolute Gasteiger partial charge is 0.353 e. The highest BCUT2D eigenvalue weighted by molar-refractivity contribution is 5.35. The Balaban J connectivity index is 1.43. The second-order valence-corrected chi connectivity index (χ2v) is 7.53. The van der Waals surface area contributed by atoms with Gasteiger partial charge in [0.1, 0.15) is 0 Å². The lowest BCUT2D eigenvalue weighted by molar-refractivity contribution is -0.169. The quantitative estimate of drug-likeness (QED) is 0.513. The maximum absolute atomic E-state index is 6.03. The van der Waals surface area contributed by atoms with Gasteiger partial charge in [-0.3, -0.25) is 0 Å². The van der Waals surface area contributed by atoms with E-state index in [1.807, 2.05) is 0 Å². The summed E-state index contributed by atoms with van der Waals surface area (Å²) in [6.07, 6.45) is 5.20. The van der Waals surface area contributed by atoms with Crippen molar-refractivity contribution in [2.24, 2.45) is 0 Å². The Bertz CT molecular complexity index is 866. The molecule has 3 aromatic rings. The summed E-state index contributed by atoms with van der Waals surface area (Å²) in [4.78, 5) is 0. The average Bonchev–Trinajstić information content (AvgIpc) is 2.75. The minimum absolute atomic E-state index is 0.0454. The molecule has 0 N–H and O–H groups in total. The molecule has 0 saturated carbocycles. The highest BCUT2D eigenvalue weighted by Crippen LogP contribution is 2.20. The Kier molecular flexibility index (Phi) is 6.54. The summed E-state index contributed by atoms with van der Waals surface area (Å²) >= 11 is 0. The maximum Gasteiger partial charge on any atom is 0.158 e. The Hall–Kier alpha value is -2.42. The van der Waals surface area contributed by atoms with Crippen LogP contribution in [0.3, 0.4) is 0 Å². The van der Waals surface area contributed by atoms with Crippen molar-refractivity contribution in [3.63, 3.8) is 0 Å². The molecule has 0 aromatic heterocycles. The smallest absolute Gasteiger partial charge is 0.158 e. The molecule has 2 heteroatoms. The highest BCUT2D eigenvalue weighted by atomic mass is 16.7. The molecule has 1 heterocycles. The predicted molar refractivity (Wildman–Crippen MR) is 113 cm³/mol. The zero-order valence-electron chi connectivity index (χ0n) is 16.3. The molecule has 0 aliphatic carbocycles. The average molecular weight is 373 g/mol. The first-order valence-corrected chi connectivity index (χ1v) is 10.3. The fraction of sp³-hybridized carbons (Fsp3) is 0.308. The molecule has 1 atom stereocenters. The lowest BCUT2D eigenvalue weighted by atomic mass is 9.97. The Labute approximate surface area is 168 Å². The van der Waals surface area contributed by atoms with E-state index in [0.717, 1.165) is 32.3 Å². The van der Waals surface area contributed by atoms with Crippen molar-refractivity contribution >= 4 is 0 Å². The number of hydrogen-bond acceptors (Lipinski definition) is 2. The van der Waals surface area contributed by atoms with Gasteiger partial charge in [-0.25, -0.2) is 0 Å². The van der Waals surface area contributed by atoms with E-state index in [1.54, 1.807) is 0 Å². The van der Waals surface area contributed by atoms with Crippen LogP contribution in [0.25, 0.3) is 0 Å². The fourth-order valence-electron chi connectivity index (χ4n) is 3.80. The first-order valence-electron chi connectivity index (χ1n) is 10.3. The van der Waals surface area contributed by atoms with Crippen LogP contribution >= 0.6 is 0 Å². The van der Waals surface area contributed by atoms with Gasteiger partial charge in [0.15, 0.2) is 6.29 Å². The van der Waals surface area contributed by atoms with Crippen molar-refractivity contribution < 1.29 is 9.47 Å². The molecule has 4 rings (SSSR count). The molecule has 1 saturated heterocycles. The summed E-state index contributed by atoms with van der Waals surface area (Å²) in [7, 11) is 0. The van der Waals surface area contributed by atoms with E-state index in [9.17, 15) is 0 Å². The number of benzene rings is 3. The molecule has 144 valence electrons. The van der Waals surface area contributed by atoms with Gasteiger partial charge in [-0.15, -0.1) is 0 Å². The van der Waals surface area contributed by atoms with Crippen molar-refractivity contribution in [2.45, 2.75) is 45.0 Å². The van der Waals surface area contributed by atoms with Gasteiger partial charge < -0.3 is 9.47 Å².